The Morgan fingerprint density at radius 1 is 1.25 bits per heavy atom. The van der Waals surface area contributed by atoms with Gasteiger partial charge in [0.25, 0.3) is 5.91 Å². The van der Waals surface area contributed by atoms with Gasteiger partial charge in [-0.3, -0.25) is 9.78 Å². The van der Waals surface area contributed by atoms with Gasteiger partial charge in [-0.05, 0) is 61.2 Å². The number of fused-ring (bicyclic) bond motifs is 1. The monoisotopic (exact) mass is 380 g/mol. The highest BCUT2D eigenvalue weighted by Gasteiger charge is 2.18. The van der Waals surface area contributed by atoms with Gasteiger partial charge < -0.3 is 14.5 Å². The lowest BCUT2D eigenvalue weighted by molar-refractivity contribution is -0.127. The zero-order valence-corrected chi connectivity index (χ0v) is 16.3. The summed E-state index contributed by atoms with van der Waals surface area (Å²) in [7, 11) is 0. The zero-order chi connectivity index (χ0) is 20.1. The molecule has 3 aromatic rings. The van der Waals surface area contributed by atoms with Crippen molar-refractivity contribution < 1.29 is 13.9 Å². The Balaban J connectivity index is 1.84. The summed E-state index contributed by atoms with van der Waals surface area (Å²) in [5, 5.41) is 3.62. The van der Waals surface area contributed by atoms with E-state index in [4.69, 9.17) is 9.15 Å². The molecular formula is C22H24N2O4. The summed E-state index contributed by atoms with van der Waals surface area (Å²) in [5.41, 5.74) is 2.83. The first-order chi connectivity index (χ1) is 13.5. The van der Waals surface area contributed by atoms with Crippen LogP contribution in [0.2, 0.25) is 0 Å². The second-order valence-electron chi connectivity index (χ2n) is 6.81. The normalized spacial score (nSPS) is 12.0. The molecule has 1 atom stereocenters. The number of aromatic nitrogens is 1. The second-order valence-corrected chi connectivity index (χ2v) is 6.81. The van der Waals surface area contributed by atoms with Crippen LogP contribution in [0.5, 0.6) is 5.75 Å². The van der Waals surface area contributed by atoms with Crippen LogP contribution in [0.4, 0.5) is 0 Å². The number of carbonyl (C=O) groups is 1. The van der Waals surface area contributed by atoms with E-state index in [9.17, 15) is 9.59 Å². The lowest BCUT2D eigenvalue weighted by atomic mass is 10.0. The molecule has 0 unspecified atom stereocenters. The Labute approximate surface area is 163 Å². The van der Waals surface area contributed by atoms with Gasteiger partial charge in [0.2, 0.25) is 0 Å². The number of carbonyl (C=O) groups excluding carboxylic acids is 1. The standard InChI is InChI=1S/C22H24N2O4/c1-4-5-17-12-20(25)28-19-11-14(2)10-18(21(17)19)27-15(3)22(26)24-13-16-6-8-23-9-7-16/h6-12,15H,4-5,13H2,1-3H3,(H,24,26)/t15-/m0/s1. The zero-order valence-electron chi connectivity index (χ0n) is 16.3. The minimum Gasteiger partial charge on any atom is -0.480 e. The van der Waals surface area contributed by atoms with Crippen molar-refractivity contribution in [3.8, 4) is 5.75 Å². The Morgan fingerprint density at radius 2 is 2.00 bits per heavy atom. The lowest BCUT2D eigenvalue weighted by Gasteiger charge is -2.18. The Hall–Kier alpha value is -3.15. The van der Waals surface area contributed by atoms with E-state index in [0.29, 0.717) is 17.9 Å². The molecule has 0 radical (unpaired) electrons. The fourth-order valence-corrected chi connectivity index (χ4v) is 3.11. The predicted molar refractivity (Wildman–Crippen MR) is 107 cm³/mol. The van der Waals surface area contributed by atoms with E-state index < -0.39 is 6.10 Å². The molecule has 0 aliphatic rings. The van der Waals surface area contributed by atoms with Gasteiger partial charge in [0, 0.05) is 25.0 Å². The molecule has 146 valence electrons. The smallest absolute Gasteiger partial charge is 0.336 e. The largest absolute Gasteiger partial charge is 0.480 e. The van der Waals surface area contributed by atoms with Gasteiger partial charge in [-0.25, -0.2) is 4.79 Å². The highest BCUT2D eigenvalue weighted by molar-refractivity contribution is 5.88. The molecule has 3 rings (SSSR count). The van der Waals surface area contributed by atoms with Crippen LogP contribution in [0.3, 0.4) is 0 Å². The van der Waals surface area contributed by atoms with E-state index in [0.717, 1.165) is 34.9 Å². The number of benzene rings is 1. The van der Waals surface area contributed by atoms with E-state index >= 15 is 0 Å². The first-order valence-electron chi connectivity index (χ1n) is 9.38. The van der Waals surface area contributed by atoms with Crippen LogP contribution >= 0.6 is 0 Å². The number of ether oxygens (including phenoxy) is 1. The minimum absolute atomic E-state index is 0.221. The first-order valence-corrected chi connectivity index (χ1v) is 9.38. The van der Waals surface area contributed by atoms with E-state index in [1.807, 2.05) is 38.1 Å². The molecule has 0 saturated heterocycles. The molecular weight excluding hydrogens is 356 g/mol. The van der Waals surface area contributed by atoms with Crippen molar-refractivity contribution in [2.24, 2.45) is 0 Å². The van der Waals surface area contributed by atoms with E-state index in [1.165, 1.54) is 6.07 Å². The highest BCUT2D eigenvalue weighted by atomic mass is 16.5. The first kappa shape index (κ1) is 19.6. The van der Waals surface area contributed by atoms with Gasteiger partial charge in [0.05, 0.1) is 5.39 Å². The van der Waals surface area contributed by atoms with Crippen LogP contribution in [0.1, 0.15) is 37.0 Å². The molecule has 1 amide bonds. The topological polar surface area (TPSA) is 81.4 Å². The third-order valence-corrected chi connectivity index (χ3v) is 4.44. The number of amides is 1. The molecule has 6 nitrogen and oxygen atoms in total. The molecule has 0 fully saturated rings. The molecule has 2 aromatic heterocycles. The summed E-state index contributed by atoms with van der Waals surface area (Å²) >= 11 is 0. The maximum atomic E-state index is 12.5. The number of aryl methyl sites for hydroxylation is 2. The van der Waals surface area contributed by atoms with Crippen molar-refractivity contribution in [2.75, 3.05) is 0 Å². The maximum Gasteiger partial charge on any atom is 0.336 e. The van der Waals surface area contributed by atoms with Crippen LogP contribution in [0.25, 0.3) is 11.0 Å². The summed E-state index contributed by atoms with van der Waals surface area (Å²) in [4.78, 5) is 28.3. The maximum absolute atomic E-state index is 12.5. The molecule has 0 bridgehead atoms. The van der Waals surface area contributed by atoms with Crippen molar-refractivity contribution in [1.29, 1.82) is 0 Å². The molecule has 2 heterocycles. The lowest BCUT2D eigenvalue weighted by Crippen LogP contribution is -2.36. The molecule has 1 aromatic carbocycles. The fraction of sp³-hybridized carbons (Fsp3) is 0.318. The molecule has 6 heteroatoms. The Bertz CT molecular complexity index is 1030. The second kappa shape index (κ2) is 8.69. The third-order valence-electron chi connectivity index (χ3n) is 4.44. The number of rotatable bonds is 7. The van der Waals surface area contributed by atoms with Gasteiger partial charge in [-0.15, -0.1) is 0 Å². The van der Waals surface area contributed by atoms with E-state index in [2.05, 4.69) is 10.3 Å². The van der Waals surface area contributed by atoms with Gasteiger partial charge in [0.1, 0.15) is 11.3 Å². The molecule has 0 aliphatic carbocycles. The summed E-state index contributed by atoms with van der Waals surface area (Å²) in [6.45, 7) is 6.05. The Kier molecular flexibility index (Phi) is 6.09. The summed E-state index contributed by atoms with van der Waals surface area (Å²) in [5.74, 6) is 0.328. The molecule has 0 saturated carbocycles. The molecule has 0 spiro atoms. The van der Waals surface area contributed by atoms with Gasteiger partial charge in [0.15, 0.2) is 6.10 Å². The van der Waals surface area contributed by atoms with Crippen LogP contribution in [0.15, 0.2) is 51.9 Å². The summed E-state index contributed by atoms with van der Waals surface area (Å²) in [6, 6.07) is 8.88. The summed E-state index contributed by atoms with van der Waals surface area (Å²) in [6.07, 6.45) is 4.28. The van der Waals surface area contributed by atoms with Crippen molar-refractivity contribution in [3.63, 3.8) is 0 Å². The van der Waals surface area contributed by atoms with Gasteiger partial charge in [-0.1, -0.05) is 13.3 Å². The fourth-order valence-electron chi connectivity index (χ4n) is 3.11. The van der Waals surface area contributed by atoms with Crippen molar-refractivity contribution in [3.05, 3.63) is 69.8 Å². The van der Waals surface area contributed by atoms with Gasteiger partial charge >= 0.3 is 5.63 Å². The highest BCUT2D eigenvalue weighted by Crippen LogP contribution is 2.31. The van der Waals surface area contributed by atoms with Crippen LogP contribution in [-0.2, 0) is 17.8 Å². The van der Waals surface area contributed by atoms with E-state index in [-0.39, 0.29) is 11.5 Å². The minimum atomic E-state index is -0.701. The number of pyridine rings is 1. The molecule has 1 N–H and O–H groups in total. The number of hydrogen-bond acceptors (Lipinski definition) is 5. The Morgan fingerprint density at radius 3 is 2.71 bits per heavy atom. The molecule has 28 heavy (non-hydrogen) atoms. The number of nitrogens with one attached hydrogen (secondary N) is 1. The van der Waals surface area contributed by atoms with Crippen LogP contribution in [-0.4, -0.2) is 17.0 Å². The molecule has 0 aliphatic heterocycles. The predicted octanol–water partition coefficient (Wildman–Crippen LogP) is 3.53. The SMILES string of the molecule is CCCc1cc(=O)oc2cc(C)cc(O[C@@H](C)C(=O)NCc3ccncc3)c12. The van der Waals surface area contributed by atoms with Crippen molar-refractivity contribution in [2.45, 2.75) is 46.3 Å². The van der Waals surface area contributed by atoms with E-state index in [1.54, 1.807) is 19.3 Å². The van der Waals surface area contributed by atoms with Crippen molar-refractivity contribution >= 4 is 16.9 Å². The summed E-state index contributed by atoms with van der Waals surface area (Å²) < 4.78 is 11.4. The van der Waals surface area contributed by atoms with Crippen LogP contribution in [0, 0.1) is 6.92 Å². The van der Waals surface area contributed by atoms with Crippen LogP contribution < -0.4 is 15.7 Å². The number of nitrogens with zero attached hydrogens (tertiary/aromatic N) is 1. The average molecular weight is 380 g/mol. The van der Waals surface area contributed by atoms with Gasteiger partial charge in [-0.2, -0.15) is 0 Å². The quantitative estimate of drug-likeness (QED) is 0.634. The number of hydrogen-bond donors (Lipinski definition) is 1. The van der Waals surface area contributed by atoms with Crippen molar-refractivity contribution in [1.82, 2.24) is 10.3 Å². The third kappa shape index (κ3) is 4.57. The average Bonchev–Trinajstić information content (AvgIpc) is 2.66.